The van der Waals surface area contributed by atoms with Crippen LogP contribution in [-0.4, -0.2) is 48.9 Å². The van der Waals surface area contributed by atoms with E-state index in [1.165, 1.54) is 28.1 Å². The molecule has 3 rings (SSSR count). The van der Waals surface area contributed by atoms with Gasteiger partial charge in [-0.05, 0) is 35.5 Å². The standard InChI is InChI=1S/C17H16N6O4/c1-3-7-27-15-6-5-12(8-14(15)23-11-19-20-21-23)22-10-18-9-13(16(22)24)17(25)26-4-2/h3,5-6,8-11H,1,4,7H2,2H3. The minimum Gasteiger partial charge on any atom is -0.487 e. The Balaban J connectivity index is 2.09. The third-order valence-corrected chi connectivity index (χ3v) is 3.50. The van der Waals surface area contributed by atoms with Gasteiger partial charge in [0.15, 0.2) is 0 Å². The molecule has 0 saturated heterocycles. The highest BCUT2D eigenvalue weighted by Gasteiger charge is 2.16. The van der Waals surface area contributed by atoms with Crippen molar-refractivity contribution in [2.75, 3.05) is 13.2 Å². The number of hydrogen-bond acceptors (Lipinski definition) is 8. The monoisotopic (exact) mass is 368 g/mol. The number of hydrogen-bond donors (Lipinski definition) is 0. The molecule has 0 N–H and O–H groups in total. The first-order chi connectivity index (χ1) is 13.2. The van der Waals surface area contributed by atoms with Crippen LogP contribution in [0.2, 0.25) is 0 Å². The normalized spacial score (nSPS) is 10.4. The van der Waals surface area contributed by atoms with Gasteiger partial charge in [-0.2, -0.15) is 4.68 Å². The van der Waals surface area contributed by atoms with E-state index in [9.17, 15) is 9.59 Å². The van der Waals surface area contributed by atoms with Gasteiger partial charge in [0.25, 0.3) is 5.56 Å². The molecule has 0 amide bonds. The Bertz CT molecular complexity index is 1010. The average Bonchev–Trinajstić information content (AvgIpc) is 3.21. The lowest BCUT2D eigenvalue weighted by Crippen LogP contribution is -2.26. The van der Waals surface area contributed by atoms with Gasteiger partial charge in [0.1, 0.15) is 36.3 Å². The maximum atomic E-state index is 12.7. The van der Waals surface area contributed by atoms with E-state index in [4.69, 9.17) is 9.47 Å². The van der Waals surface area contributed by atoms with Gasteiger partial charge < -0.3 is 9.47 Å². The zero-order chi connectivity index (χ0) is 19.2. The highest BCUT2D eigenvalue weighted by molar-refractivity contribution is 5.88. The maximum absolute atomic E-state index is 12.7. The van der Waals surface area contributed by atoms with Crippen molar-refractivity contribution in [1.82, 2.24) is 29.8 Å². The summed E-state index contributed by atoms with van der Waals surface area (Å²) in [6.45, 7) is 5.72. The van der Waals surface area contributed by atoms with Crippen molar-refractivity contribution in [3.8, 4) is 17.1 Å². The quantitative estimate of drug-likeness (QED) is 0.447. The smallest absolute Gasteiger partial charge is 0.345 e. The lowest BCUT2D eigenvalue weighted by Gasteiger charge is -2.13. The van der Waals surface area contributed by atoms with Gasteiger partial charge in [0.05, 0.1) is 12.3 Å². The van der Waals surface area contributed by atoms with Crippen LogP contribution in [0.1, 0.15) is 17.3 Å². The summed E-state index contributed by atoms with van der Waals surface area (Å²) in [4.78, 5) is 28.6. The number of ether oxygens (including phenoxy) is 2. The fraction of sp³-hybridized carbons (Fsp3) is 0.176. The molecular weight excluding hydrogens is 352 g/mol. The third-order valence-electron chi connectivity index (χ3n) is 3.50. The largest absolute Gasteiger partial charge is 0.487 e. The van der Waals surface area contributed by atoms with Crippen LogP contribution in [0.5, 0.6) is 5.75 Å². The fourth-order valence-corrected chi connectivity index (χ4v) is 2.32. The predicted octanol–water partition coefficient (Wildman–Crippen LogP) is 0.950. The Morgan fingerprint density at radius 1 is 1.33 bits per heavy atom. The molecule has 3 aromatic rings. The number of carbonyl (C=O) groups excluding carboxylic acids is 1. The Labute approximate surface area is 153 Å². The highest BCUT2D eigenvalue weighted by atomic mass is 16.5. The lowest BCUT2D eigenvalue weighted by atomic mass is 10.2. The van der Waals surface area contributed by atoms with Crippen LogP contribution in [0.25, 0.3) is 11.4 Å². The van der Waals surface area contributed by atoms with E-state index in [-0.39, 0.29) is 18.8 Å². The first-order valence-electron chi connectivity index (χ1n) is 8.01. The summed E-state index contributed by atoms with van der Waals surface area (Å²) in [5, 5.41) is 11.1. The van der Waals surface area contributed by atoms with E-state index < -0.39 is 11.5 Å². The highest BCUT2D eigenvalue weighted by Crippen LogP contribution is 2.24. The number of benzene rings is 1. The van der Waals surface area contributed by atoms with E-state index >= 15 is 0 Å². The summed E-state index contributed by atoms with van der Waals surface area (Å²) >= 11 is 0. The van der Waals surface area contributed by atoms with Crippen LogP contribution in [0.3, 0.4) is 0 Å². The van der Waals surface area contributed by atoms with Gasteiger partial charge in [-0.1, -0.05) is 12.7 Å². The van der Waals surface area contributed by atoms with Gasteiger partial charge in [-0.3, -0.25) is 9.36 Å². The second-order valence-corrected chi connectivity index (χ2v) is 5.21. The van der Waals surface area contributed by atoms with Crippen molar-refractivity contribution in [2.24, 2.45) is 0 Å². The number of aromatic nitrogens is 6. The molecule has 138 valence electrons. The summed E-state index contributed by atoms with van der Waals surface area (Å²) in [6, 6.07) is 4.97. The molecule has 0 saturated carbocycles. The summed E-state index contributed by atoms with van der Waals surface area (Å²) in [5.41, 5.74) is 0.254. The molecule has 0 aliphatic heterocycles. The maximum Gasteiger partial charge on any atom is 0.345 e. The predicted molar refractivity (Wildman–Crippen MR) is 94.2 cm³/mol. The molecule has 0 aliphatic rings. The molecule has 0 spiro atoms. The summed E-state index contributed by atoms with van der Waals surface area (Å²) in [5.74, 6) is -0.232. The first kappa shape index (κ1) is 18.0. The number of tetrazole rings is 1. The molecule has 1 aromatic carbocycles. The molecule has 0 atom stereocenters. The minimum absolute atomic E-state index is 0.157. The van der Waals surface area contributed by atoms with Crippen LogP contribution < -0.4 is 10.3 Å². The van der Waals surface area contributed by atoms with Crippen LogP contribution in [-0.2, 0) is 4.74 Å². The van der Waals surface area contributed by atoms with E-state index in [1.807, 2.05) is 0 Å². The summed E-state index contributed by atoms with van der Waals surface area (Å²) in [7, 11) is 0. The van der Waals surface area contributed by atoms with Crippen molar-refractivity contribution in [3.63, 3.8) is 0 Å². The Morgan fingerprint density at radius 2 is 2.19 bits per heavy atom. The van der Waals surface area contributed by atoms with Gasteiger partial charge in [-0.15, -0.1) is 5.10 Å². The number of nitrogens with zero attached hydrogens (tertiary/aromatic N) is 6. The second kappa shape index (κ2) is 8.04. The molecule has 0 unspecified atom stereocenters. The molecule has 0 fully saturated rings. The van der Waals surface area contributed by atoms with Gasteiger partial charge >= 0.3 is 5.97 Å². The number of carbonyl (C=O) groups is 1. The van der Waals surface area contributed by atoms with Crippen LogP contribution >= 0.6 is 0 Å². The minimum atomic E-state index is -0.726. The molecule has 0 aliphatic carbocycles. The second-order valence-electron chi connectivity index (χ2n) is 5.21. The molecular formula is C17H16N6O4. The average molecular weight is 368 g/mol. The zero-order valence-corrected chi connectivity index (χ0v) is 14.5. The third kappa shape index (κ3) is 3.73. The lowest BCUT2D eigenvalue weighted by molar-refractivity contribution is 0.0523. The first-order valence-corrected chi connectivity index (χ1v) is 8.01. The molecule has 27 heavy (non-hydrogen) atoms. The Morgan fingerprint density at radius 3 is 2.89 bits per heavy atom. The molecule has 10 heteroatoms. The van der Waals surface area contributed by atoms with Crippen molar-refractivity contribution >= 4 is 5.97 Å². The molecule has 0 radical (unpaired) electrons. The van der Waals surface area contributed by atoms with Crippen LogP contribution in [0.15, 0.2) is 54.5 Å². The number of rotatable bonds is 7. The van der Waals surface area contributed by atoms with Gasteiger partial charge in [-0.25, -0.2) is 9.78 Å². The van der Waals surface area contributed by atoms with E-state index in [1.54, 1.807) is 31.2 Å². The van der Waals surface area contributed by atoms with Crippen molar-refractivity contribution in [3.05, 3.63) is 65.6 Å². The van der Waals surface area contributed by atoms with Gasteiger partial charge in [0, 0.05) is 6.20 Å². The summed E-state index contributed by atoms with van der Waals surface area (Å²) < 4.78 is 13.1. The molecule has 2 aromatic heterocycles. The SMILES string of the molecule is C=CCOc1ccc(-n2cncc(C(=O)OCC)c2=O)cc1-n1cnnn1. The number of esters is 1. The molecule has 0 bridgehead atoms. The molecule has 2 heterocycles. The van der Waals surface area contributed by atoms with E-state index in [2.05, 4.69) is 27.1 Å². The summed E-state index contributed by atoms with van der Waals surface area (Å²) in [6.07, 6.45) is 5.50. The van der Waals surface area contributed by atoms with Crippen LogP contribution in [0, 0.1) is 0 Å². The van der Waals surface area contributed by atoms with Crippen molar-refractivity contribution in [2.45, 2.75) is 6.92 Å². The fourth-order valence-electron chi connectivity index (χ4n) is 2.32. The zero-order valence-electron chi connectivity index (χ0n) is 14.5. The van der Waals surface area contributed by atoms with Crippen molar-refractivity contribution < 1.29 is 14.3 Å². The topological polar surface area (TPSA) is 114 Å². The molecule has 10 nitrogen and oxygen atoms in total. The van der Waals surface area contributed by atoms with E-state index in [0.29, 0.717) is 17.1 Å². The van der Waals surface area contributed by atoms with Crippen LogP contribution in [0.4, 0.5) is 0 Å². The van der Waals surface area contributed by atoms with Crippen molar-refractivity contribution in [1.29, 1.82) is 0 Å². The Hall–Kier alpha value is -3.82. The van der Waals surface area contributed by atoms with Gasteiger partial charge in [0.2, 0.25) is 0 Å². The van der Waals surface area contributed by atoms with E-state index in [0.717, 1.165) is 0 Å². The Kier molecular flexibility index (Phi) is 5.36.